The molecule has 4 rings (SSSR count). The van der Waals surface area contributed by atoms with Crippen molar-refractivity contribution in [2.24, 2.45) is 0 Å². The molecule has 184 valence electrons. The SMILES string of the molecule is CC(=O)OC1O[C@@H](C)[C@@H](OCc2ccccc2)[C@H](OCc2ccccc2)[C@@H]1OCc1ccccc1. The van der Waals surface area contributed by atoms with Gasteiger partial charge in [0.1, 0.15) is 18.3 Å². The van der Waals surface area contributed by atoms with Crippen LogP contribution in [0.15, 0.2) is 91.0 Å². The Hall–Kier alpha value is -3.03. The molecule has 1 fully saturated rings. The van der Waals surface area contributed by atoms with Crippen LogP contribution in [-0.2, 0) is 48.3 Å². The summed E-state index contributed by atoms with van der Waals surface area (Å²) in [6.45, 7) is 4.34. The van der Waals surface area contributed by atoms with Gasteiger partial charge in [0.25, 0.3) is 0 Å². The van der Waals surface area contributed by atoms with Crippen LogP contribution in [0.5, 0.6) is 0 Å². The van der Waals surface area contributed by atoms with E-state index < -0.39 is 30.6 Å². The molecule has 0 bridgehead atoms. The number of carbonyl (C=O) groups excluding carboxylic acids is 1. The van der Waals surface area contributed by atoms with Gasteiger partial charge in [-0.15, -0.1) is 0 Å². The Morgan fingerprint density at radius 1 is 0.657 bits per heavy atom. The summed E-state index contributed by atoms with van der Waals surface area (Å²) in [6, 6.07) is 29.7. The number of benzene rings is 3. The topological polar surface area (TPSA) is 63.2 Å². The third kappa shape index (κ3) is 7.23. The summed E-state index contributed by atoms with van der Waals surface area (Å²) in [6.07, 6.45) is -2.95. The van der Waals surface area contributed by atoms with Gasteiger partial charge < -0.3 is 23.7 Å². The Labute approximate surface area is 206 Å². The Bertz CT molecular complexity index is 1030. The van der Waals surface area contributed by atoms with Crippen LogP contribution in [0.4, 0.5) is 0 Å². The first-order valence-corrected chi connectivity index (χ1v) is 11.9. The molecule has 6 nitrogen and oxygen atoms in total. The van der Waals surface area contributed by atoms with Gasteiger partial charge in [0.05, 0.1) is 25.9 Å². The normalized spacial score (nSPS) is 24.1. The van der Waals surface area contributed by atoms with Gasteiger partial charge in [-0.3, -0.25) is 4.79 Å². The van der Waals surface area contributed by atoms with E-state index in [0.29, 0.717) is 19.8 Å². The minimum Gasteiger partial charge on any atom is -0.433 e. The highest BCUT2D eigenvalue weighted by molar-refractivity contribution is 5.66. The summed E-state index contributed by atoms with van der Waals surface area (Å²) in [5, 5.41) is 0. The Balaban J connectivity index is 1.57. The van der Waals surface area contributed by atoms with Gasteiger partial charge in [-0.2, -0.15) is 0 Å². The molecule has 0 amide bonds. The fourth-order valence-corrected chi connectivity index (χ4v) is 4.13. The zero-order valence-electron chi connectivity index (χ0n) is 20.1. The van der Waals surface area contributed by atoms with Crippen LogP contribution in [0.3, 0.4) is 0 Å². The summed E-state index contributed by atoms with van der Waals surface area (Å²) in [7, 11) is 0. The lowest BCUT2D eigenvalue weighted by molar-refractivity contribution is -0.311. The zero-order valence-corrected chi connectivity index (χ0v) is 20.1. The molecule has 0 spiro atoms. The van der Waals surface area contributed by atoms with Crippen LogP contribution in [0.1, 0.15) is 30.5 Å². The highest BCUT2D eigenvalue weighted by atomic mass is 16.7. The Kier molecular flexibility index (Phi) is 9.03. The number of carbonyl (C=O) groups is 1. The molecule has 0 saturated carbocycles. The second-order valence-corrected chi connectivity index (χ2v) is 8.60. The molecule has 0 aromatic heterocycles. The van der Waals surface area contributed by atoms with E-state index in [4.69, 9.17) is 23.7 Å². The lowest BCUT2D eigenvalue weighted by Crippen LogP contribution is -2.60. The summed E-state index contributed by atoms with van der Waals surface area (Å²) >= 11 is 0. The first-order valence-electron chi connectivity index (χ1n) is 11.9. The van der Waals surface area contributed by atoms with Crippen LogP contribution in [0.25, 0.3) is 0 Å². The van der Waals surface area contributed by atoms with Crippen molar-refractivity contribution in [1.29, 1.82) is 0 Å². The number of hydrogen-bond donors (Lipinski definition) is 0. The molecule has 3 aromatic carbocycles. The average Bonchev–Trinajstić information content (AvgIpc) is 2.88. The van der Waals surface area contributed by atoms with E-state index in [0.717, 1.165) is 16.7 Å². The number of ether oxygens (including phenoxy) is 5. The highest BCUT2D eigenvalue weighted by Crippen LogP contribution is 2.31. The van der Waals surface area contributed by atoms with Crippen molar-refractivity contribution in [1.82, 2.24) is 0 Å². The summed E-state index contributed by atoms with van der Waals surface area (Å²) < 4.78 is 30.7. The van der Waals surface area contributed by atoms with Crippen molar-refractivity contribution in [2.75, 3.05) is 0 Å². The molecular weight excluding hydrogens is 444 g/mol. The predicted octanol–water partition coefficient (Wildman–Crippen LogP) is 5.05. The van der Waals surface area contributed by atoms with Gasteiger partial charge in [0.15, 0.2) is 0 Å². The minimum absolute atomic E-state index is 0.317. The molecule has 0 radical (unpaired) electrons. The molecule has 35 heavy (non-hydrogen) atoms. The molecule has 6 heteroatoms. The van der Waals surface area contributed by atoms with Crippen molar-refractivity contribution >= 4 is 5.97 Å². The van der Waals surface area contributed by atoms with Gasteiger partial charge in [0, 0.05) is 6.92 Å². The monoisotopic (exact) mass is 476 g/mol. The maximum atomic E-state index is 11.9. The van der Waals surface area contributed by atoms with Crippen molar-refractivity contribution < 1.29 is 28.5 Å². The molecule has 1 saturated heterocycles. The summed E-state index contributed by atoms with van der Waals surface area (Å²) in [4.78, 5) is 11.9. The first-order chi connectivity index (χ1) is 17.1. The molecule has 1 aliphatic heterocycles. The molecule has 1 aliphatic rings. The van der Waals surface area contributed by atoms with E-state index in [2.05, 4.69) is 0 Å². The number of hydrogen-bond acceptors (Lipinski definition) is 6. The molecule has 0 aliphatic carbocycles. The average molecular weight is 477 g/mol. The Morgan fingerprint density at radius 2 is 1.06 bits per heavy atom. The van der Waals surface area contributed by atoms with Crippen LogP contribution in [0.2, 0.25) is 0 Å². The molecule has 5 atom stereocenters. The van der Waals surface area contributed by atoms with E-state index in [1.807, 2.05) is 97.9 Å². The summed E-state index contributed by atoms with van der Waals surface area (Å²) in [5.74, 6) is -0.444. The van der Waals surface area contributed by atoms with Gasteiger partial charge in [0.2, 0.25) is 6.29 Å². The van der Waals surface area contributed by atoms with Crippen molar-refractivity contribution in [3.63, 3.8) is 0 Å². The van der Waals surface area contributed by atoms with E-state index >= 15 is 0 Å². The van der Waals surface area contributed by atoms with Gasteiger partial charge in [-0.1, -0.05) is 91.0 Å². The van der Waals surface area contributed by atoms with Gasteiger partial charge in [-0.25, -0.2) is 0 Å². The van der Waals surface area contributed by atoms with Crippen LogP contribution in [-0.4, -0.2) is 36.7 Å². The van der Waals surface area contributed by atoms with Crippen molar-refractivity contribution in [3.8, 4) is 0 Å². The Morgan fingerprint density at radius 3 is 1.49 bits per heavy atom. The highest BCUT2D eigenvalue weighted by Gasteiger charge is 2.48. The van der Waals surface area contributed by atoms with E-state index in [-0.39, 0.29) is 6.10 Å². The van der Waals surface area contributed by atoms with Crippen molar-refractivity contribution in [2.45, 2.75) is 64.4 Å². The molecule has 1 unspecified atom stereocenters. The first kappa shape index (κ1) is 25.1. The molecule has 0 N–H and O–H groups in total. The summed E-state index contributed by atoms with van der Waals surface area (Å²) in [5.41, 5.74) is 3.07. The third-order valence-electron chi connectivity index (χ3n) is 5.87. The molecule has 3 aromatic rings. The number of rotatable bonds is 10. The van der Waals surface area contributed by atoms with E-state index in [1.165, 1.54) is 6.92 Å². The van der Waals surface area contributed by atoms with E-state index in [9.17, 15) is 4.79 Å². The lowest BCUT2D eigenvalue weighted by atomic mass is 9.98. The van der Waals surface area contributed by atoms with E-state index in [1.54, 1.807) is 0 Å². The second kappa shape index (κ2) is 12.6. The van der Waals surface area contributed by atoms with Gasteiger partial charge >= 0.3 is 5.97 Å². The smallest absolute Gasteiger partial charge is 0.305 e. The zero-order chi connectivity index (χ0) is 24.5. The number of esters is 1. The van der Waals surface area contributed by atoms with Crippen molar-refractivity contribution in [3.05, 3.63) is 108 Å². The quantitative estimate of drug-likeness (QED) is 0.382. The fraction of sp³-hybridized carbons (Fsp3) is 0.345. The third-order valence-corrected chi connectivity index (χ3v) is 5.87. The second-order valence-electron chi connectivity index (χ2n) is 8.60. The fourth-order valence-electron chi connectivity index (χ4n) is 4.13. The maximum absolute atomic E-state index is 11.9. The van der Waals surface area contributed by atoms with Crippen LogP contribution < -0.4 is 0 Å². The lowest BCUT2D eigenvalue weighted by Gasteiger charge is -2.44. The van der Waals surface area contributed by atoms with Gasteiger partial charge in [-0.05, 0) is 23.6 Å². The largest absolute Gasteiger partial charge is 0.433 e. The van der Waals surface area contributed by atoms with Crippen LogP contribution >= 0.6 is 0 Å². The standard InChI is InChI=1S/C29H32O6/c1-21-26(31-18-23-12-6-3-7-13-23)27(32-19-24-14-8-4-9-15-24)28(29(34-21)35-22(2)30)33-20-25-16-10-5-11-17-25/h3-17,21,26-29H,18-20H2,1-2H3/t21-,26+,27-,28-,29?/m0/s1. The molecule has 1 heterocycles. The minimum atomic E-state index is -0.913. The predicted molar refractivity (Wildman–Crippen MR) is 131 cm³/mol. The molecular formula is C29H32O6. The maximum Gasteiger partial charge on any atom is 0.305 e. The van der Waals surface area contributed by atoms with Crippen LogP contribution in [0, 0.1) is 0 Å².